The van der Waals surface area contributed by atoms with Crippen molar-refractivity contribution in [3.8, 4) is 5.69 Å². The zero-order valence-electron chi connectivity index (χ0n) is 13.6. The van der Waals surface area contributed by atoms with Gasteiger partial charge in [0.25, 0.3) is 0 Å². The number of nitrogens with zero attached hydrogens (tertiary/aromatic N) is 2. The van der Waals surface area contributed by atoms with Crippen molar-refractivity contribution in [1.29, 1.82) is 0 Å². The molecule has 130 valence electrons. The molecule has 0 fully saturated rings. The Hall–Kier alpha value is -2.86. The van der Waals surface area contributed by atoms with Crippen LogP contribution >= 0.6 is 11.8 Å². The molecule has 0 spiro atoms. The van der Waals surface area contributed by atoms with E-state index in [1.165, 1.54) is 18.2 Å². The predicted octanol–water partition coefficient (Wildman–Crippen LogP) is 4.41. The first kappa shape index (κ1) is 16.6. The second kappa shape index (κ2) is 6.46. The summed E-state index contributed by atoms with van der Waals surface area (Å²) in [6.07, 6.45) is 9.46. The second-order valence-corrected chi connectivity index (χ2v) is 7.26. The summed E-state index contributed by atoms with van der Waals surface area (Å²) in [6.45, 7) is 0. The number of hydrogen-bond donors (Lipinski definition) is 1. The van der Waals surface area contributed by atoms with E-state index in [4.69, 9.17) is 0 Å². The van der Waals surface area contributed by atoms with E-state index in [0.717, 1.165) is 28.4 Å². The molecule has 26 heavy (non-hydrogen) atoms. The highest BCUT2D eigenvalue weighted by Crippen LogP contribution is 2.44. The molecule has 2 heterocycles. The van der Waals surface area contributed by atoms with Gasteiger partial charge in [-0.15, -0.1) is 0 Å². The maximum atomic E-state index is 14.6. The highest BCUT2D eigenvalue weighted by Gasteiger charge is 2.46. The monoisotopic (exact) mass is 366 g/mol. The normalized spacial score (nSPS) is 22.0. The van der Waals surface area contributed by atoms with Crippen LogP contribution in [0, 0.1) is 0 Å². The highest BCUT2D eigenvalue weighted by atomic mass is 32.2. The summed E-state index contributed by atoms with van der Waals surface area (Å²) in [5.41, 5.74) is 1.77. The molecule has 1 aliphatic carbocycles. The number of allylic oxidation sites excluding steroid dienone is 3. The summed E-state index contributed by atoms with van der Waals surface area (Å²) in [6, 6.07) is 11.4. The zero-order chi connectivity index (χ0) is 18.1. The molecule has 0 amide bonds. The molecule has 2 unspecified atom stereocenters. The number of aromatic nitrogens is 2. The van der Waals surface area contributed by atoms with Gasteiger partial charge in [-0.1, -0.05) is 48.2 Å². The fraction of sp³-hybridized carbons (Fsp3) is 0.100. The fourth-order valence-corrected chi connectivity index (χ4v) is 4.27. The van der Waals surface area contributed by atoms with Crippen molar-refractivity contribution in [3.63, 3.8) is 0 Å². The third-order valence-electron chi connectivity index (χ3n) is 4.36. The average molecular weight is 366 g/mol. The minimum atomic E-state index is -1.68. The molecule has 0 aliphatic heterocycles. The molecule has 4 nitrogen and oxygen atoms in total. The van der Waals surface area contributed by atoms with E-state index < -0.39 is 16.9 Å². The van der Waals surface area contributed by atoms with Crippen molar-refractivity contribution in [2.75, 3.05) is 0 Å². The second-order valence-electron chi connectivity index (χ2n) is 5.94. The number of carbonyl (C=O) groups is 1. The topological polar surface area (TPSA) is 55.1 Å². The number of fused-ring (bicyclic) bond motifs is 1. The van der Waals surface area contributed by atoms with Gasteiger partial charge in [0.1, 0.15) is 6.17 Å². The first-order chi connectivity index (χ1) is 12.6. The summed E-state index contributed by atoms with van der Waals surface area (Å²) >= 11 is 1.02. The van der Waals surface area contributed by atoms with Crippen LogP contribution in [0.1, 0.15) is 0 Å². The van der Waals surface area contributed by atoms with E-state index >= 15 is 0 Å². The minimum Gasteiger partial charge on any atom is -0.480 e. The Morgan fingerprint density at radius 2 is 2.08 bits per heavy atom. The number of carboxylic acid groups (broad SMARTS) is 1. The van der Waals surface area contributed by atoms with Crippen LogP contribution in [0.3, 0.4) is 0 Å². The Kier molecular flexibility index (Phi) is 4.12. The predicted molar refractivity (Wildman–Crippen MR) is 100 cm³/mol. The SMILES string of the molecule is O=C(O)C1(Sc2cn(-c3cccnc3)c3ccccc23)C=CC=CC1F. The molecule has 2 atom stereocenters. The number of halogens is 1. The fourth-order valence-electron chi connectivity index (χ4n) is 3.04. The molecule has 0 radical (unpaired) electrons. The largest absolute Gasteiger partial charge is 0.480 e. The van der Waals surface area contributed by atoms with E-state index in [2.05, 4.69) is 4.98 Å². The van der Waals surface area contributed by atoms with Gasteiger partial charge in [0.05, 0.1) is 17.4 Å². The maximum Gasteiger partial charge on any atom is 0.327 e. The number of hydrogen-bond acceptors (Lipinski definition) is 3. The number of thioether (sulfide) groups is 1. The third-order valence-corrected chi connectivity index (χ3v) is 5.78. The molecule has 1 N–H and O–H groups in total. The zero-order valence-corrected chi connectivity index (χ0v) is 14.4. The van der Waals surface area contributed by atoms with Crippen LogP contribution in [0.15, 0.2) is 84.2 Å². The first-order valence-electron chi connectivity index (χ1n) is 8.05. The van der Waals surface area contributed by atoms with Gasteiger partial charge < -0.3 is 9.67 Å². The number of rotatable bonds is 4. The Balaban J connectivity index is 1.86. The van der Waals surface area contributed by atoms with E-state index in [1.807, 2.05) is 47.2 Å². The van der Waals surface area contributed by atoms with Gasteiger partial charge in [-0.25, -0.2) is 4.39 Å². The molecule has 0 bridgehead atoms. The summed E-state index contributed by atoms with van der Waals surface area (Å²) in [4.78, 5) is 16.8. The summed E-state index contributed by atoms with van der Waals surface area (Å²) in [5.74, 6) is -1.20. The molecule has 4 rings (SSSR count). The van der Waals surface area contributed by atoms with Crippen molar-refractivity contribution in [1.82, 2.24) is 9.55 Å². The van der Waals surface area contributed by atoms with Gasteiger partial charge in [-0.3, -0.25) is 9.78 Å². The van der Waals surface area contributed by atoms with Crippen molar-refractivity contribution in [2.24, 2.45) is 0 Å². The number of benzene rings is 1. The van der Waals surface area contributed by atoms with Crippen molar-refractivity contribution in [2.45, 2.75) is 15.8 Å². The van der Waals surface area contributed by atoms with Crippen LogP contribution in [0.25, 0.3) is 16.6 Å². The number of aliphatic carboxylic acids is 1. The van der Waals surface area contributed by atoms with E-state index in [9.17, 15) is 14.3 Å². The highest BCUT2D eigenvalue weighted by molar-refractivity contribution is 8.01. The Labute approximate surface area is 153 Å². The van der Waals surface area contributed by atoms with Crippen LogP contribution in [0.5, 0.6) is 0 Å². The Bertz CT molecular complexity index is 1030. The Morgan fingerprint density at radius 3 is 2.81 bits per heavy atom. The molecule has 0 saturated carbocycles. The molecule has 6 heteroatoms. The van der Waals surface area contributed by atoms with Crippen molar-refractivity contribution < 1.29 is 14.3 Å². The summed E-state index contributed by atoms with van der Waals surface area (Å²) < 4.78 is 14.9. The van der Waals surface area contributed by atoms with Gasteiger partial charge in [0.2, 0.25) is 0 Å². The van der Waals surface area contributed by atoms with Crippen LogP contribution in [0.4, 0.5) is 4.39 Å². The lowest BCUT2D eigenvalue weighted by molar-refractivity contribution is -0.139. The standard InChI is InChI=1S/C20H15FN2O2S/c21-18-9-3-4-10-20(18,19(24)25)26-17-13-23(14-6-5-11-22-12-14)16-8-2-1-7-15(16)17/h1-13,18H,(H,24,25). The van der Waals surface area contributed by atoms with Crippen molar-refractivity contribution in [3.05, 3.63) is 79.3 Å². The lowest BCUT2D eigenvalue weighted by Gasteiger charge is -2.28. The minimum absolute atomic E-state index is 0.703. The van der Waals surface area contributed by atoms with E-state index in [1.54, 1.807) is 18.5 Å². The number of carboxylic acids is 1. The molecule has 0 saturated heterocycles. The van der Waals surface area contributed by atoms with Gasteiger partial charge >= 0.3 is 5.97 Å². The van der Waals surface area contributed by atoms with Gasteiger partial charge in [0, 0.05) is 22.7 Å². The lowest BCUT2D eigenvalue weighted by atomic mass is 9.98. The lowest BCUT2D eigenvalue weighted by Crippen LogP contribution is -2.42. The maximum absolute atomic E-state index is 14.6. The van der Waals surface area contributed by atoms with E-state index in [-0.39, 0.29) is 0 Å². The van der Waals surface area contributed by atoms with Crippen molar-refractivity contribution >= 4 is 28.6 Å². The quantitative estimate of drug-likeness (QED) is 0.743. The van der Waals surface area contributed by atoms with Gasteiger partial charge in [0.15, 0.2) is 4.75 Å². The third kappa shape index (κ3) is 2.63. The molecule has 1 aromatic carbocycles. The molecule has 1 aliphatic rings. The number of alkyl halides is 1. The summed E-state index contributed by atoms with van der Waals surface area (Å²) in [7, 11) is 0. The molecular weight excluding hydrogens is 351 g/mol. The van der Waals surface area contributed by atoms with Crippen LogP contribution in [-0.4, -0.2) is 31.5 Å². The average Bonchev–Trinajstić information content (AvgIpc) is 3.03. The van der Waals surface area contributed by atoms with Gasteiger partial charge in [-0.05, 0) is 24.3 Å². The Morgan fingerprint density at radius 1 is 1.23 bits per heavy atom. The molecular formula is C20H15FN2O2S. The number of para-hydroxylation sites is 1. The summed E-state index contributed by atoms with van der Waals surface area (Å²) in [5, 5.41) is 10.6. The van der Waals surface area contributed by atoms with Crippen LogP contribution in [0.2, 0.25) is 0 Å². The first-order valence-corrected chi connectivity index (χ1v) is 8.86. The van der Waals surface area contributed by atoms with Crippen LogP contribution in [-0.2, 0) is 4.79 Å². The molecule has 2 aromatic heterocycles. The van der Waals surface area contributed by atoms with Crippen LogP contribution < -0.4 is 0 Å². The number of pyridine rings is 1. The smallest absolute Gasteiger partial charge is 0.327 e. The van der Waals surface area contributed by atoms with Gasteiger partial charge in [-0.2, -0.15) is 0 Å². The molecule has 3 aromatic rings. The van der Waals surface area contributed by atoms with E-state index in [0.29, 0.717) is 4.90 Å².